The number of hydrazine groups is 1. The van der Waals surface area contributed by atoms with E-state index in [0.29, 0.717) is 13.1 Å². The molecule has 98 valence electrons. The number of benzene rings is 1. The molecule has 0 aliphatic carbocycles. The summed E-state index contributed by atoms with van der Waals surface area (Å²) in [5.74, 6) is 5.49. The highest BCUT2D eigenvalue weighted by Crippen LogP contribution is 2.27. The van der Waals surface area contributed by atoms with Crippen LogP contribution in [0.25, 0.3) is 0 Å². The lowest BCUT2D eigenvalue weighted by Crippen LogP contribution is -2.35. The first-order valence-corrected chi connectivity index (χ1v) is 6.12. The molecule has 1 heterocycles. The number of fused-ring (bicyclic) bond motifs is 1. The summed E-state index contributed by atoms with van der Waals surface area (Å²) in [7, 11) is 3.85. The van der Waals surface area contributed by atoms with Crippen molar-refractivity contribution >= 4 is 11.6 Å². The Morgan fingerprint density at radius 3 is 2.94 bits per heavy atom. The fourth-order valence-corrected chi connectivity index (χ4v) is 2.33. The highest BCUT2D eigenvalue weighted by Gasteiger charge is 2.20. The standard InChI is InChI=1S/C13H20N4O/c1-16(9-15-14)8-10-3-5-12-11(7-10)4-6-13(18)17(12)2/h3,5,7,15H,4,6,8-9,14H2,1-2H3. The van der Waals surface area contributed by atoms with Crippen molar-refractivity contribution in [2.45, 2.75) is 19.4 Å². The molecule has 0 fully saturated rings. The molecule has 0 bridgehead atoms. The van der Waals surface area contributed by atoms with Gasteiger partial charge in [0.05, 0.1) is 6.67 Å². The molecule has 1 aromatic carbocycles. The molecule has 1 amide bonds. The lowest BCUT2D eigenvalue weighted by atomic mass is 9.99. The van der Waals surface area contributed by atoms with Crippen LogP contribution in [0.2, 0.25) is 0 Å². The average Bonchev–Trinajstić information content (AvgIpc) is 2.34. The number of anilines is 1. The molecule has 0 radical (unpaired) electrons. The minimum absolute atomic E-state index is 0.194. The fourth-order valence-electron chi connectivity index (χ4n) is 2.33. The van der Waals surface area contributed by atoms with E-state index in [1.807, 2.05) is 20.2 Å². The zero-order chi connectivity index (χ0) is 13.1. The number of nitrogens with two attached hydrogens (primary N) is 1. The molecule has 3 N–H and O–H groups in total. The second-order valence-electron chi connectivity index (χ2n) is 4.79. The number of hydrogen-bond donors (Lipinski definition) is 2. The zero-order valence-corrected chi connectivity index (χ0v) is 10.9. The summed E-state index contributed by atoms with van der Waals surface area (Å²) in [6.07, 6.45) is 1.44. The van der Waals surface area contributed by atoms with Crippen LogP contribution in [0.15, 0.2) is 18.2 Å². The number of aryl methyl sites for hydroxylation is 1. The highest BCUT2D eigenvalue weighted by atomic mass is 16.2. The van der Waals surface area contributed by atoms with Crippen molar-refractivity contribution in [3.05, 3.63) is 29.3 Å². The molecule has 2 rings (SSSR count). The van der Waals surface area contributed by atoms with Crippen LogP contribution in [0.1, 0.15) is 17.5 Å². The van der Waals surface area contributed by atoms with E-state index in [1.54, 1.807) is 4.90 Å². The molecule has 0 unspecified atom stereocenters. The molecule has 18 heavy (non-hydrogen) atoms. The van der Waals surface area contributed by atoms with Gasteiger partial charge in [-0.2, -0.15) is 0 Å². The summed E-state index contributed by atoms with van der Waals surface area (Å²) >= 11 is 0. The molecular weight excluding hydrogens is 228 g/mol. The zero-order valence-electron chi connectivity index (χ0n) is 10.9. The minimum atomic E-state index is 0.194. The maximum atomic E-state index is 11.6. The summed E-state index contributed by atoms with van der Waals surface area (Å²) in [4.78, 5) is 15.4. The summed E-state index contributed by atoms with van der Waals surface area (Å²) < 4.78 is 0. The molecule has 1 aromatic rings. The number of amides is 1. The summed E-state index contributed by atoms with van der Waals surface area (Å²) in [6, 6.07) is 6.29. The van der Waals surface area contributed by atoms with E-state index in [9.17, 15) is 4.79 Å². The smallest absolute Gasteiger partial charge is 0.227 e. The van der Waals surface area contributed by atoms with Gasteiger partial charge in [0.25, 0.3) is 0 Å². The second-order valence-corrected chi connectivity index (χ2v) is 4.79. The van der Waals surface area contributed by atoms with Crippen molar-refractivity contribution in [2.24, 2.45) is 5.84 Å². The summed E-state index contributed by atoms with van der Waals surface area (Å²) in [5, 5.41) is 0. The van der Waals surface area contributed by atoms with Crippen LogP contribution >= 0.6 is 0 Å². The molecular formula is C13H20N4O. The Morgan fingerprint density at radius 1 is 1.44 bits per heavy atom. The predicted octanol–water partition coefficient (Wildman–Crippen LogP) is 0.448. The fraction of sp³-hybridized carbons (Fsp3) is 0.462. The Hall–Kier alpha value is -1.43. The van der Waals surface area contributed by atoms with E-state index >= 15 is 0 Å². The number of hydrogen-bond acceptors (Lipinski definition) is 4. The van der Waals surface area contributed by atoms with E-state index in [-0.39, 0.29) is 5.91 Å². The van der Waals surface area contributed by atoms with Gasteiger partial charge in [-0.25, -0.2) is 5.43 Å². The van der Waals surface area contributed by atoms with Crippen LogP contribution in [0.4, 0.5) is 5.69 Å². The Bertz CT molecular complexity index is 447. The van der Waals surface area contributed by atoms with Crippen LogP contribution in [0.5, 0.6) is 0 Å². The van der Waals surface area contributed by atoms with Gasteiger partial charge in [0.15, 0.2) is 0 Å². The molecule has 0 saturated carbocycles. The Balaban J connectivity index is 2.15. The van der Waals surface area contributed by atoms with Crippen LogP contribution in [0, 0.1) is 0 Å². The number of carbonyl (C=O) groups excluding carboxylic acids is 1. The van der Waals surface area contributed by atoms with Gasteiger partial charge in [-0.05, 0) is 30.7 Å². The van der Waals surface area contributed by atoms with E-state index in [0.717, 1.165) is 18.7 Å². The molecule has 5 nitrogen and oxygen atoms in total. The molecule has 0 saturated heterocycles. The number of rotatable bonds is 4. The third kappa shape index (κ3) is 2.69. The van der Waals surface area contributed by atoms with Gasteiger partial charge in [-0.1, -0.05) is 12.1 Å². The first-order chi connectivity index (χ1) is 8.61. The number of carbonyl (C=O) groups is 1. The number of nitrogens with zero attached hydrogens (tertiary/aromatic N) is 2. The summed E-state index contributed by atoms with van der Waals surface area (Å²) in [5.41, 5.74) is 6.17. The monoisotopic (exact) mass is 248 g/mol. The largest absolute Gasteiger partial charge is 0.315 e. The van der Waals surface area contributed by atoms with Crippen LogP contribution in [0.3, 0.4) is 0 Å². The molecule has 1 aliphatic heterocycles. The van der Waals surface area contributed by atoms with Gasteiger partial charge in [-0.3, -0.25) is 15.5 Å². The quantitative estimate of drug-likeness (QED) is 0.461. The van der Waals surface area contributed by atoms with Crippen molar-refractivity contribution < 1.29 is 4.79 Å². The van der Waals surface area contributed by atoms with E-state index in [4.69, 9.17) is 5.84 Å². The Morgan fingerprint density at radius 2 is 2.22 bits per heavy atom. The maximum absolute atomic E-state index is 11.6. The molecule has 0 atom stereocenters. The third-order valence-corrected chi connectivity index (χ3v) is 3.30. The van der Waals surface area contributed by atoms with E-state index in [1.165, 1.54) is 11.1 Å². The van der Waals surface area contributed by atoms with Gasteiger partial charge in [-0.15, -0.1) is 0 Å². The highest BCUT2D eigenvalue weighted by molar-refractivity contribution is 5.95. The lowest BCUT2D eigenvalue weighted by Gasteiger charge is -2.26. The van der Waals surface area contributed by atoms with E-state index in [2.05, 4.69) is 22.5 Å². The van der Waals surface area contributed by atoms with Gasteiger partial charge in [0.2, 0.25) is 5.91 Å². The SMILES string of the molecule is CN(CNN)Cc1ccc2c(c1)CCC(=O)N2C. The second kappa shape index (κ2) is 5.48. The lowest BCUT2D eigenvalue weighted by molar-refractivity contribution is -0.118. The van der Waals surface area contributed by atoms with Crippen LogP contribution in [-0.2, 0) is 17.8 Å². The van der Waals surface area contributed by atoms with Gasteiger partial charge in [0, 0.05) is 25.7 Å². The predicted molar refractivity (Wildman–Crippen MR) is 71.8 cm³/mol. The average molecular weight is 248 g/mol. The first kappa shape index (κ1) is 13.0. The Labute approximate surface area is 108 Å². The van der Waals surface area contributed by atoms with Crippen molar-refractivity contribution in [3.63, 3.8) is 0 Å². The van der Waals surface area contributed by atoms with Crippen molar-refractivity contribution in [1.29, 1.82) is 0 Å². The van der Waals surface area contributed by atoms with Crippen LogP contribution < -0.4 is 16.2 Å². The molecule has 1 aliphatic rings. The third-order valence-electron chi connectivity index (χ3n) is 3.30. The van der Waals surface area contributed by atoms with Crippen molar-refractivity contribution in [1.82, 2.24) is 10.3 Å². The van der Waals surface area contributed by atoms with E-state index < -0.39 is 0 Å². The summed E-state index contributed by atoms with van der Waals surface area (Å²) in [6.45, 7) is 1.49. The normalized spacial score (nSPS) is 15.1. The van der Waals surface area contributed by atoms with Crippen LogP contribution in [-0.4, -0.2) is 31.6 Å². The minimum Gasteiger partial charge on any atom is -0.315 e. The van der Waals surface area contributed by atoms with Crippen molar-refractivity contribution in [3.8, 4) is 0 Å². The van der Waals surface area contributed by atoms with Gasteiger partial charge >= 0.3 is 0 Å². The van der Waals surface area contributed by atoms with Gasteiger partial charge in [0.1, 0.15) is 0 Å². The molecule has 5 heteroatoms. The molecule has 0 spiro atoms. The maximum Gasteiger partial charge on any atom is 0.227 e. The Kier molecular flexibility index (Phi) is 3.96. The first-order valence-electron chi connectivity index (χ1n) is 6.12. The number of nitrogens with one attached hydrogen (secondary N) is 1. The van der Waals surface area contributed by atoms with Crippen molar-refractivity contribution in [2.75, 3.05) is 25.7 Å². The topological polar surface area (TPSA) is 61.6 Å². The molecule has 0 aromatic heterocycles. The van der Waals surface area contributed by atoms with Gasteiger partial charge < -0.3 is 4.90 Å².